The Morgan fingerprint density at radius 2 is 1.64 bits per heavy atom. The molecule has 0 bridgehead atoms. The number of pyridine rings is 1. The third kappa shape index (κ3) is 4.67. The first-order valence-electron chi connectivity index (χ1n) is 10.6. The Hall–Kier alpha value is -2.07. The van der Waals surface area contributed by atoms with Crippen molar-refractivity contribution in [3.8, 4) is 11.6 Å². The second-order valence-electron chi connectivity index (χ2n) is 8.17. The summed E-state index contributed by atoms with van der Waals surface area (Å²) in [7, 11) is 0. The van der Waals surface area contributed by atoms with E-state index in [9.17, 15) is 0 Å². The highest BCUT2D eigenvalue weighted by molar-refractivity contribution is 5.58. The van der Waals surface area contributed by atoms with Crippen LogP contribution in [0.5, 0.6) is 11.6 Å². The van der Waals surface area contributed by atoms with Gasteiger partial charge in [0.05, 0.1) is 0 Å². The molecule has 1 fully saturated rings. The molecule has 28 heavy (non-hydrogen) atoms. The van der Waals surface area contributed by atoms with Crippen molar-refractivity contribution in [3.63, 3.8) is 0 Å². The van der Waals surface area contributed by atoms with Crippen LogP contribution in [0.1, 0.15) is 47.7 Å². The van der Waals surface area contributed by atoms with Crippen LogP contribution in [0.15, 0.2) is 18.2 Å². The molecule has 3 rings (SSSR count). The average molecular weight is 382 g/mol. The number of likely N-dealkylation sites (tertiary alicyclic amines) is 1. The Bertz CT molecular complexity index is 802. The number of anilines is 1. The number of rotatable bonds is 7. The molecule has 0 atom stereocenters. The van der Waals surface area contributed by atoms with Crippen LogP contribution in [-0.4, -0.2) is 42.6 Å². The first-order chi connectivity index (χ1) is 13.4. The molecular weight excluding hydrogens is 346 g/mol. The number of hydrogen-bond donors (Lipinski definition) is 0. The minimum atomic E-state index is 0.727. The molecule has 0 aliphatic carbocycles. The van der Waals surface area contributed by atoms with Gasteiger partial charge in [-0.05, 0) is 84.7 Å². The lowest BCUT2D eigenvalue weighted by Gasteiger charge is -2.28. The van der Waals surface area contributed by atoms with Gasteiger partial charge in [0.25, 0.3) is 0 Å². The quantitative estimate of drug-likeness (QED) is 0.647. The van der Waals surface area contributed by atoms with Gasteiger partial charge in [0.15, 0.2) is 0 Å². The fourth-order valence-electron chi connectivity index (χ4n) is 4.26. The Balaban J connectivity index is 1.86. The molecule has 152 valence electrons. The topological polar surface area (TPSA) is 28.6 Å². The van der Waals surface area contributed by atoms with Gasteiger partial charge < -0.3 is 14.5 Å². The summed E-state index contributed by atoms with van der Waals surface area (Å²) in [6, 6.07) is 6.54. The summed E-state index contributed by atoms with van der Waals surface area (Å²) in [5, 5.41) is 0. The van der Waals surface area contributed by atoms with Crippen LogP contribution in [0, 0.1) is 34.6 Å². The van der Waals surface area contributed by atoms with Crippen molar-refractivity contribution in [2.75, 3.05) is 37.6 Å². The van der Waals surface area contributed by atoms with E-state index in [-0.39, 0.29) is 0 Å². The van der Waals surface area contributed by atoms with Crippen LogP contribution < -0.4 is 9.64 Å². The van der Waals surface area contributed by atoms with Crippen LogP contribution in [0.25, 0.3) is 0 Å². The van der Waals surface area contributed by atoms with E-state index in [1.54, 1.807) is 0 Å². The minimum absolute atomic E-state index is 0.727. The van der Waals surface area contributed by atoms with Crippen LogP contribution in [0.2, 0.25) is 0 Å². The third-order valence-corrected chi connectivity index (χ3v) is 5.74. The van der Waals surface area contributed by atoms with Crippen molar-refractivity contribution in [2.24, 2.45) is 0 Å². The Morgan fingerprint density at radius 3 is 2.25 bits per heavy atom. The molecular formula is C24H35N3O. The lowest BCUT2D eigenvalue weighted by Crippen LogP contribution is -2.34. The van der Waals surface area contributed by atoms with Gasteiger partial charge in [-0.25, -0.2) is 4.98 Å². The largest absolute Gasteiger partial charge is 0.438 e. The molecule has 1 saturated heterocycles. The monoisotopic (exact) mass is 381 g/mol. The second kappa shape index (κ2) is 8.95. The average Bonchev–Trinajstić information content (AvgIpc) is 3.15. The third-order valence-electron chi connectivity index (χ3n) is 5.74. The van der Waals surface area contributed by atoms with Gasteiger partial charge in [-0.2, -0.15) is 0 Å². The molecule has 0 saturated carbocycles. The molecule has 2 aromatic rings. The smallest absolute Gasteiger partial charge is 0.224 e. The zero-order valence-corrected chi connectivity index (χ0v) is 18.4. The fourth-order valence-corrected chi connectivity index (χ4v) is 4.26. The van der Waals surface area contributed by atoms with E-state index in [1.807, 2.05) is 0 Å². The summed E-state index contributed by atoms with van der Waals surface area (Å²) >= 11 is 0. The van der Waals surface area contributed by atoms with E-state index >= 15 is 0 Å². The Labute approximate surface area is 170 Å². The molecule has 2 heterocycles. The summed E-state index contributed by atoms with van der Waals surface area (Å²) in [4.78, 5) is 9.76. The van der Waals surface area contributed by atoms with E-state index in [2.05, 4.69) is 69.5 Å². The number of hydrogen-bond acceptors (Lipinski definition) is 4. The second-order valence-corrected chi connectivity index (χ2v) is 8.17. The van der Waals surface area contributed by atoms with Gasteiger partial charge in [0.1, 0.15) is 5.75 Å². The van der Waals surface area contributed by atoms with Crippen LogP contribution >= 0.6 is 0 Å². The van der Waals surface area contributed by atoms with E-state index in [0.717, 1.165) is 53.6 Å². The molecule has 0 N–H and O–H groups in total. The molecule has 1 aromatic heterocycles. The van der Waals surface area contributed by atoms with Crippen LogP contribution in [0.4, 0.5) is 5.69 Å². The summed E-state index contributed by atoms with van der Waals surface area (Å²) < 4.78 is 6.37. The summed E-state index contributed by atoms with van der Waals surface area (Å²) in [5.74, 6) is 1.66. The SMILES string of the molecule is CCN(CCN1CCCC1)c1cc(C)nc(Oc2c(C)cc(C)cc2C)c1C. The molecule has 0 amide bonds. The molecule has 1 aliphatic rings. The lowest BCUT2D eigenvalue weighted by molar-refractivity contribution is 0.345. The Morgan fingerprint density at radius 1 is 1.00 bits per heavy atom. The van der Waals surface area contributed by atoms with Crippen molar-refractivity contribution in [2.45, 2.75) is 54.4 Å². The standard InChI is InChI=1S/C24H35N3O/c1-7-27(13-12-26-10-8-9-11-26)22-16-20(5)25-24(21(22)6)28-23-18(3)14-17(2)15-19(23)4/h14-16H,7-13H2,1-6H3. The highest BCUT2D eigenvalue weighted by atomic mass is 16.5. The molecule has 1 aliphatic heterocycles. The summed E-state index contributed by atoms with van der Waals surface area (Å²) in [6.07, 6.45) is 2.68. The molecule has 4 heteroatoms. The molecule has 4 nitrogen and oxygen atoms in total. The van der Waals surface area contributed by atoms with Crippen molar-refractivity contribution < 1.29 is 4.74 Å². The zero-order chi connectivity index (χ0) is 20.3. The predicted molar refractivity (Wildman–Crippen MR) is 118 cm³/mol. The highest BCUT2D eigenvalue weighted by Crippen LogP contribution is 2.34. The molecule has 0 spiro atoms. The summed E-state index contributed by atoms with van der Waals surface area (Å²) in [6.45, 7) is 18.4. The van der Waals surface area contributed by atoms with Crippen molar-refractivity contribution >= 4 is 5.69 Å². The van der Waals surface area contributed by atoms with Gasteiger partial charge in [0.2, 0.25) is 5.88 Å². The minimum Gasteiger partial charge on any atom is -0.438 e. The van der Waals surface area contributed by atoms with Crippen molar-refractivity contribution in [1.29, 1.82) is 0 Å². The van der Waals surface area contributed by atoms with Gasteiger partial charge in [-0.3, -0.25) is 0 Å². The number of ether oxygens (including phenoxy) is 1. The molecule has 0 unspecified atom stereocenters. The normalized spacial score (nSPS) is 14.5. The Kier molecular flexibility index (Phi) is 6.61. The van der Waals surface area contributed by atoms with Crippen molar-refractivity contribution in [1.82, 2.24) is 9.88 Å². The van der Waals surface area contributed by atoms with Gasteiger partial charge in [-0.1, -0.05) is 17.7 Å². The predicted octanol–water partition coefficient (Wildman–Crippen LogP) is 5.34. The van der Waals surface area contributed by atoms with E-state index in [0.29, 0.717) is 0 Å². The zero-order valence-electron chi connectivity index (χ0n) is 18.4. The maximum absolute atomic E-state index is 6.37. The number of likely N-dealkylation sites (N-methyl/N-ethyl adjacent to an activating group) is 1. The van der Waals surface area contributed by atoms with Crippen LogP contribution in [0.3, 0.4) is 0 Å². The van der Waals surface area contributed by atoms with Crippen molar-refractivity contribution in [3.05, 3.63) is 46.1 Å². The fraction of sp³-hybridized carbons (Fsp3) is 0.542. The number of nitrogens with zero attached hydrogens (tertiary/aromatic N) is 3. The molecule has 0 radical (unpaired) electrons. The van der Waals surface area contributed by atoms with Gasteiger partial charge in [-0.15, -0.1) is 0 Å². The van der Waals surface area contributed by atoms with E-state index in [4.69, 9.17) is 9.72 Å². The molecule has 1 aromatic carbocycles. The first kappa shape index (κ1) is 20.7. The highest BCUT2D eigenvalue weighted by Gasteiger charge is 2.18. The van der Waals surface area contributed by atoms with E-state index in [1.165, 1.54) is 37.2 Å². The number of benzene rings is 1. The van der Waals surface area contributed by atoms with E-state index < -0.39 is 0 Å². The maximum Gasteiger partial charge on any atom is 0.224 e. The first-order valence-corrected chi connectivity index (χ1v) is 10.6. The summed E-state index contributed by atoms with van der Waals surface area (Å²) in [5.41, 5.74) is 6.93. The number of aromatic nitrogens is 1. The lowest BCUT2D eigenvalue weighted by atomic mass is 10.1. The van der Waals surface area contributed by atoms with Gasteiger partial charge >= 0.3 is 0 Å². The van der Waals surface area contributed by atoms with Crippen LogP contribution in [-0.2, 0) is 0 Å². The maximum atomic E-state index is 6.37. The number of aryl methyl sites for hydroxylation is 4. The van der Waals surface area contributed by atoms with Gasteiger partial charge in [0, 0.05) is 36.6 Å².